The van der Waals surface area contributed by atoms with Crippen LogP contribution in [0.15, 0.2) is 87.5 Å². The second-order valence-corrected chi connectivity index (χ2v) is 7.73. The number of nitrogens with two attached hydrogens (primary N) is 1. The van der Waals surface area contributed by atoms with Crippen LogP contribution < -0.4 is 5.73 Å². The predicted octanol–water partition coefficient (Wildman–Crippen LogP) is 5.86. The van der Waals surface area contributed by atoms with Crippen LogP contribution in [0.25, 0.3) is 10.9 Å². The van der Waals surface area contributed by atoms with E-state index >= 15 is 0 Å². The number of hydrogen-bond donors (Lipinski definition) is 2. The highest BCUT2D eigenvalue weighted by Gasteiger charge is 2.18. The Bertz CT molecular complexity index is 1250. The maximum absolute atomic E-state index is 12.4. The summed E-state index contributed by atoms with van der Waals surface area (Å²) in [6, 6.07) is 22.4. The van der Waals surface area contributed by atoms with Crippen LogP contribution in [-0.2, 0) is 13.0 Å². The number of fused-ring (bicyclic) bond motifs is 1. The van der Waals surface area contributed by atoms with Crippen molar-refractivity contribution >= 4 is 44.1 Å². The van der Waals surface area contributed by atoms with Crippen molar-refractivity contribution in [2.75, 3.05) is 5.73 Å². The van der Waals surface area contributed by atoms with Crippen LogP contribution in [0.5, 0.6) is 5.88 Å². The first-order valence-corrected chi connectivity index (χ1v) is 10.2. The lowest BCUT2D eigenvalue weighted by Crippen LogP contribution is -2.00. The zero-order valence-electron chi connectivity index (χ0n) is 16.0. The molecule has 3 aromatic carbocycles. The number of nitrogen functional groups attached to an aromatic ring is 1. The van der Waals surface area contributed by atoms with Crippen molar-refractivity contribution in [2.45, 2.75) is 13.0 Å². The van der Waals surface area contributed by atoms with E-state index in [1.807, 2.05) is 48.5 Å². The molecule has 0 aliphatic rings. The summed E-state index contributed by atoms with van der Waals surface area (Å²) in [7, 11) is 0. The van der Waals surface area contributed by atoms with Gasteiger partial charge in [-0.25, -0.2) is 0 Å². The van der Waals surface area contributed by atoms with Crippen LogP contribution in [0.4, 0.5) is 11.4 Å². The monoisotopic (exact) mass is 462 g/mol. The summed E-state index contributed by atoms with van der Waals surface area (Å²) in [6.07, 6.45) is 0.740. The van der Waals surface area contributed by atoms with Crippen LogP contribution >= 0.6 is 15.9 Å². The first-order chi connectivity index (χ1) is 14.5. The Hall–Kier alpha value is -3.45. The second kappa shape index (κ2) is 8.51. The molecule has 1 heterocycles. The summed E-state index contributed by atoms with van der Waals surface area (Å²) in [5.74, 6) is -0.593. The minimum absolute atomic E-state index is 0.0309. The number of amides is 1. The minimum Gasteiger partial charge on any atom is -0.493 e. The maximum atomic E-state index is 12.4. The summed E-state index contributed by atoms with van der Waals surface area (Å²) in [6.45, 7) is 0.559. The quantitative estimate of drug-likeness (QED) is 0.287. The van der Waals surface area contributed by atoms with E-state index in [-0.39, 0.29) is 17.1 Å². The number of anilines is 1. The number of azo groups is 1. The Kier molecular flexibility index (Phi) is 5.63. The zero-order valence-corrected chi connectivity index (χ0v) is 17.6. The highest BCUT2D eigenvalue weighted by molar-refractivity contribution is 9.10. The van der Waals surface area contributed by atoms with Crippen LogP contribution in [-0.4, -0.2) is 15.6 Å². The highest BCUT2D eigenvalue weighted by atomic mass is 79.9. The van der Waals surface area contributed by atoms with Gasteiger partial charge in [0.15, 0.2) is 5.69 Å². The highest BCUT2D eigenvalue weighted by Crippen LogP contribution is 2.40. The molecule has 4 aromatic rings. The first kappa shape index (κ1) is 19.8. The number of aromatic hydroxyl groups is 1. The van der Waals surface area contributed by atoms with E-state index in [4.69, 9.17) is 5.73 Å². The molecule has 7 heteroatoms. The maximum Gasteiger partial charge on any atom is 0.297 e. The average Bonchev–Trinajstić information content (AvgIpc) is 3.01. The molecular formula is C23H19BrN4O2. The number of rotatable bonds is 5. The Morgan fingerprint density at radius 1 is 1.03 bits per heavy atom. The zero-order chi connectivity index (χ0) is 21.1. The lowest BCUT2D eigenvalue weighted by molar-refractivity contribution is 0.0996. The number of para-hydroxylation sites is 1. The fraction of sp³-hybridized carbons (Fsp3) is 0.0870. The summed E-state index contributed by atoms with van der Waals surface area (Å²) < 4.78 is 2.62. The van der Waals surface area contributed by atoms with Crippen LogP contribution in [0, 0.1) is 0 Å². The molecule has 6 nitrogen and oxygen atoms in total. The third-order valence-electron chi connectivity index (χ3n) is 4.87. The van der Waals surface area contributed by atoms with Gasteiger partial charge >= 0.3 is 0 Å². The minimum atomic E-state index is -0.562. The van der Waals surface area contributed by atoms with Gasteiger partial charge in [-0.05, 0) is 42.3 Å². The molecule has 30 heavy (non-hydrogen) atoms. The average molecular weight is 463 g/mol. The number of aromatic nitrogens is 1. The SMILES string of the molecule is Nc1ccccc1C(=O)N=Nc1c(O)n(CCc2ccccc2)c2ccc(Br)cc12. The lowest BCUT2D eigenvalue weighted by Gasteiger charge is -2.07. The molecule has 3 N–H and O–H groups in total. The molecule has 1 aromatic heterocycles. The fourth-order valence-corrected chi connectivity index (χ4v) is 3.71. The topological polar surface area (TPSA) is 93.0 Å². The standard InChI is InChI=1S/C23H19BrN4O2/c24-16-10-11-20-18(14-16)21(26-27-22(29)17-8-4-5-9-19(17)25)23(30)28(20)13-12-15-6-2-1-3-7-15/h1-11,14,30H,12-13,25H2. The third kappa shape index (κ3) is 3.97. The van der Waals surface area contributed by atoms with Gasteiger partial charge in [-0.2, -0.15) is 0 Å². The van der Waals surface area contributed by atoms with E-state index in [0.29, 0.717) is 17.6 Å². The van der Waals surface area contributed by atoms with Gasteiger partial charge in [0.2, 0.25) is 5.88 Å². The lowest BCUT2D eigenvalue weighted by atomic mass is 10.1. The Morgan fingerprint density at radius 3 is 2.53 bits per heavy atom. The van der Waals surface area contributed by atoms with E-state index < -0.39 is 5.91 Å². The number of aryl methyl sites for hydroxylation is 2. The van der Waals surface area contributed by atoms with Crippen molar-refractivity contribution in [3.8, 4) is 5.88 Å². The van der Waals surface area contributed by atoms with Crippen molar-refractivity contribution in [2.24, 2.45) is 10.2 Å². The van der Waals surface area contributed by atoms with E-state index in [2.05, 4.69) is 26.2 Å². The number of carbonyl (C=O) groups excluding carboxylic acids is 1. The van der Waals surface area contributed by atoms with Crippen molar-refractivity contribution in [1.82, 2.24) is 4.57 Å². The molecule has 0 unspecified atom stereocenters. The fourth-order valence-electron chi connectivity index (χ4n) is 3.35. The summed E-state index contributed by atoms with van der Waals surface area (Å²) in [5.41, 5.74) is 8.68. The normalized spacial score (nSPS) is 11.4. The number of nitrogens with zero attached hydrogens (tertiary/aromatic N) is 3. The van der Waals surface area contributed by atoms with E-state index in [0.717, 1.165) is 22.0 Å². The van der Waals surface area contributed by atoms with Gasteiger partial charge in [0, 0.05) is 22.1 Å². The van der Waals surface area contributed by atoms with Crippen molar-refractivity contribution in [3.63, 3.8) is 0 Å². The molecule has 0 atom stereocenters. The number of hydrogen-bond acceptors (Lipinski definition) is 4. The number of carbonyl (C=O) groups is 1. The molecule has 1 amide bonds. The molecule has 0 aliphatic heterocycles. The van der Waals surface area contributed by atoms with Gasteiger partial charge in [0.25, 0.3) is 5.91 Å². The summed E-state index contributed by atoms with van der Waals surface area (Å²) in [4.78, 5) is 12.4. The Morgan fingerprint density at radius 2 is 1.77 bits per heavy atom. The first-order valence-electron chi connectivity index (χ1n) is 9.40. The second-order valence-electron chi connectivity index (χ2n) is 6.81. The largest absolute Gasteiger partial charge is 0.493 e. The van der Waals surface area contributed by atoms with Crippen LogP contribution in [0.1, 0.15) is 15.9 Å². The molecule has 0 bridgehead atoms. The van der Waals surface area contributed by atoms with E-state index in [1.54, 1.807) is 28.8 Å². The smallest absolute Gasteiger partial charge is 0.297 e. The number of benzene rings is 3. The van der Waals surface area contributed by atoms with Crippen molar-refractivity contribution < 1.29 is 9.90 Å². The molecule has 150 valence electrons. The molecule has 0 saturated carbocycles. The summed E-state index contributed by atoms with van der Waals surface area (Å²) in [5, 5.41) is 19.5. The van der Waals surface area contributed by atoms with Crippen LogP contribution in [0.2, 0.25) is 0 Å². The Labute approximate surface area is 181 Å². The molecule has 0 radical (unpaired) electrons. The van der Waals surface area contributed by atoms with E-state index in [9.17, 15) is 9.90 Å². The van der Waals surface area contributed by atoms with Gasteiger partial charge in [-0.1, -0.05) is 58.4 Å². The van der Waals surface area contributed by atoms with E-state index in [1.165, 1.54) is 0 Å². The van der Waals surface area contributed by atoms with Crippen molar-refractivity contribution in [1.29, 1.82) is 0 Å². The molecular weight excluding hydrogens is 444 g/mol. The number of halogens is 1. The predicted molar refractivity (Wildman–Crippen MR) is 121 cm³/mol. The van der Waals surface area contributed by atoms with Gasteiger partial charge < -0.3 is 15.4 Å². The molecule has 4 rings (SSSR count). The van der Waals surface area contributed by atoms with Crippen molar-refractivity contribution in [3.05, 3.63) is 88.4 Å². The third-order valence-corrected chi connectivity index (χ3v) is 5.36. The summed E-state index contributed by atoms with van der Waals surface area (Å²) >= 11 is 3.46. The van der Waals surface area contributed by atoms with Gasteiger partial charge in [0.1, 0.15) is 0 Å². The van der Waals surface area contributed by atoms with Gasteiger partial charge in [-0.3, -0.25) is 4.79 Å². The van der Waals surface area contributed by atoms with Gasteiger partial charge in [-0.15, -0.1) is 10.2 Å². The molecule has 0 fully saturated rings. The van der Waals surface area contributed by atoms with Crippen LogP contribution in [0.3, 0.4) is 0 Å². The van der Waals surface area contributed by atoms with Gasteiger partial charge in [0.05, 0.1) is 11.1 Å². The Balaban J connectivity index is 1.70. The molecule has 0 aliphatic carbocycles. The molecule has 0 saturated heterocycles. The molecule has 0 spiro atoms.